The summed E-state index contributed by atoms with van der Waals surface area (Å²) in [6.45, 7) is 7.23. The molecule has 0 aliphatic carbocycles. The molecule has 0 saturated carbocycles. The molecule has 140 valence electrons. The van der Waals surface area contributed by atoms with Gasteiger partial charge in [-0.15, -0.1) is 12.4 Å². The van der Waals surface area contributed by atoms with Gasteiger partial charge >= 0.3 is 0 Å². The van der Waals surface area contributed by atoms with E-state index in [1.54, 1.807) is 6.07 Å². The molecular formula is C19H30ClN3O2. The lowest BCUT2D eigenvalue weighted by molar-refractivity contribution is -0.122. The first-order valence-electron chi connectivity index (χ1n) is 8.94. The molecule has 2 rings (SSSR count). The van der Waals surface area contributed by atoms with Gasteiger partial charge in [-0.05, 0) is 62.4 Å². The van der Waals surface area contributed by atoms with Crippen LogP contribution in [0, 0.1) is 11.8 Å². The second-order valence-corrected chi connectivity index (χ2v) is 6.62. The molecule has 0 bridgehead atoms. The molecule has 0 radical (unpaired) electrons. The number of piperidine rings is 1. The molecule has 1 saturated heterocycles. The Kier molecular flexibility index (Phi) is 9.53. The van der Waals surface area contributed by atoms with Gasteiger partial charge in [0.05, 0.1) is 0 Å². The minimum atomic E-state index is -0.0795. The highest BCUT2D eigenvalue weighted by Gasteiger charge is 2.21. The van der Waals surface area contributed by atoms with Crippen LogP contribution in [0.15, 0.2) is 24.3 Å². The Balaban J connectivity index is 0.00000312. The van der Waals surface area contributed by atoms with E-state index in [1.807, 2.05) is 25.1 Å². The molecule has 1 aromatic carbocycles. The summed E-state index contributed by atoms with van der Waals surface area (Å²) in [5.41, 5.74) is 1.57. The summed E-state index contributed by atoms with van der Waals surface area (Å²) in [6, 6.07) is 7.40. The molecule has 1 aliphatic heterocycles. The zero-order valence-electron chi connectivity index (χ0n) is 15.1. The fraction of sp³-hybridized carbons (Fsp3) is 0.579. The lowest BCUT2D eigenvalue weighted by Crippen LogP contribution is -2.35. The van der Waals surface area contributed by atoms with Gasteiger partial charge in [-0.3, -0.25) is 9.59 Å². The molecule has 0 aromatic heterocycles. The molecule has 5 nitrogen and oxygen atoms in total. The quantitative estimate of drug-likeness (QED) is 0.693. The van der Waals surface area contributed by atoms with Gasteiger partial charge in [0.25, 0.3) is 5.91 Å². The van der Waals surface area contributed by atoms with Crippen molar-refractivity contribution >= 4 is 24.2 Å². The third kappa shape index (κ3) is 7.04. The second kappa shape index (κ2) is 11.1. The minimum Gasteiger partial charge on any atom is -0.352 e. The number of hydrogen-bond donors (Lipinski definition) is 3. The van der Waals surface area contributed by atoms with Crippen LogP contribution in [0.25, 0.3) is 0 Å². The number of nitrogens with one attached hydrogen (secondary N) is 3. The standard InChI is InChI=1S/C19H29N3O2.ClH/c1-3-21-19(24)16-7-4-6-15(11-16)12-22-18(23)10-14(2)17-8-5-9-20-13-17;/h4,6-7,11,14,17,20H,3,5,8-10,12-13H2,1-2H3,(H,21,24)(H,22,23);1H. The molecular weight excluding hydrogens is 338 g/mol. The smallest absolute Gasteiger partial charge is 0.251 e. The van der Waals surface area contributed by atoms with Crippen LogP contribution in [0.4, 0.5) is 0 Å². The molecule has 0 spiro atoms. The van der Waals surface area contributed by atoms with Crippen molar-refractivity contribution in [1.82, 2.24) is 16.0 Å². The van der Waals surface area contributed by atoms with Crippen molar-refractivity contribution in [2.75, 3.05) is 19.6 Å². The molecule has 2 unspecified atom stereocenters. The lowest BCUT2D eigenvalue weighted by atomic mass is 9.85. The summed E-state index contributed by atoms with van der Waals surface area (Å²) in [5.74, 6) is 0.977. The number of halogens is 1. The molecule has 3 N–H and O–H groups in total. The first-order valence-corrected chi connectivity index (χ1v) is 8.94. The van der Waals surface area contributed by atoms with E-state index < -0.39 is 0 Å². The average Bonchev–Trinajstić information content (AvgIpc) is 2.61. The van der Waals surface area contributed by atoms with E-state index >= 15 is 0 Å². The highest BCUT2D eigenvalue weighted by Crippen LogP contribution is 2.22. The second-order valence-electron chi connectivity index (χ2n) is 6.62. The topological polar surface area (TPSA) is 70.2 Å². The first kappa shape index (κ1) is 21.5. The van der Waals surface area contributed by atoms with E-state index in [2.05, 4.69) is 22.9 Å². The number of hydrogen-bond acceptors (Lipinski definition) is 3. The van der Waals surface area contributed by atoms with Gasteiger partial charge in [-0.1, -0.05) is 19.1 Å². The first-order chi connectivity index (χ1) is 11.6. The Morgan fingerprint density at radius 3 is 2.80 bits per heavy atom. The fourth-order valence-electron chi connectivity index (χ4n) is 3.18. The molecule has 2 amide bonds. The fourth-order valence-corrected chi connectivity index (χ4v) is 3.18. The molecule has 1 fully saturated rings. The van der Waals surface area contributed by atoms with Crippen LogP contribution in [0.5, 0.6) is 0 Å². The maximum atomic E-state index is 12.2. The van der Waals surface area contributed by atoms with Crippen LogP contribution in [-0.2, 0) is 11.3 Å². The Bertz CT molecular complexity index is 559. The molecule has 25 heavy (non-hydrogen) atoms. The van der Waals surface area contributed by atoms with Crippen LogP contribution in [-0.4, -0.2) is 31.4 Å². The van der Waals surface area contributed by atoms with Gasteiger partial charge in [0.15, 0.2) is 0 Å². The zero-order chi connectivity index (χ0) is 17.4. The zero-order valence-corrected chi connectivity index (χ0v) is 16.0. The van der Waals surface area contributed by atoms with Crippen LogP contribution in [0.1, 0.15) is 49.0 Å². The number of benzene rings is 1. The summed E-state index contributed by atoms with van der Waals surface area (Å²) in [4.78, 5) is 24.0. The van der Waals surface area contributed by atoms with E-state index in [9.17, 15) is 9.59 Å². The Hall–Kier alpha value is -1.59. The van der Waals surface area contributed by atoms with E-state index in [0.717, 1.165) is 18.7 Å². The minimum absolute atomic E-state index is 0. The highest BCUT2D eigenvalue weighted by molar-refractivity contribution is 5.94. The van der Waals surface area contributed by atoms with Gasteiger partial charge in [0, 0.05) is 25.1 Å². The average molecular weight is 368 g/mol. The van der Waals surface area contributed by atoms with E-state index in [1.165, 1.54) is 12.8 Å². The lowest BCUT2D eigenvalue weighted by Gasteiger charge is -2.28. The molecule has 1 aromatic rings. The van der Waals surface area contributed by atoms with Crippen LogP contribution in [0.3, 0.4) is 0 Å². The normalized spacial score (nSPS) is 17.9. The Morgan fingerprint density at radius 2 is 2.12 bits per heavy atom. The third-order valence-corrected chi connectivity index (χ3v) is 4.66. The summed E-state index contributed by atoms with van der Waals surface area (Å²) in [5, 5.41) is 9.16. The predicted molar refractivity (Wildman–Crippen MR) is 103 cm³/mol. The monoisotopic (exact) mass is 367 g/mol. The number of amides is 2. The van der Waals surface area contributed by atoms with Crippen molar-refractivity contribution in [3.63, 3.8) is 0 Å². The van der Waals surface area contributed by atoms with Gasteiger partial charge in [0.2, 0.25) is 5.91 Å². The van der Waals surface area contributed by atoms with Crippen molar-refractivity contribution < 1.29 is 9.59 Å². The van der Waals surface area contributed by atoms with Crippen molar-refractivity contribution in [2.45, 2.75) is 39.7 Å². The third-order valence-electron chi connectivity index (χ3n) is 4.66. The molecule has 1 heterocycles. The summed E-state index contributed by atoms with van der Waals surface area (Å²) in [6.07, 6.45) is 2.96. The van der Waals surface area contributed by atoms with Crippen molar-refractivity contribution in [3.8, 4) is 0 Å². The van der Waals surface area contributed by atoms with Crippen LogP contribution in [0.2, 0.25) is 0 Å². The van der Waals surface area contributed by atoms with Crippen molar-refractivity contribution in [3.05, 3.63) is 35.4 Å². The molecule has 1 aliphatic rings. The van der Waals surface area contributed by atoms with E-state index in [4.69, 9.17) is 0 Å². The number of carbonyl (C=O) groups is 2. The molecule has 6 heteroatoms. The van der Waals surface area contributed by atoms with Gasteiger partial charge in [-0.2, -0.15) is 0 Å². The number of carbonyl (C=O) groups excluding carboxylic acids is 2. The van der Waals surface area contributed by atoms with Gasteiger partial charge in [0.1, 0.15) is 0 Å². The largest absolute Gasteiger partial charge is 0.352 e. The predicted octanol–water partition coefficient (Wildman–Crippen LogP) is 2.50. The van der Waals surface area contributed by atoms with E-state index in [-0.39, 0.29) is 24.2 Å². The maximum Gasteiger partial charge on any atom is 0.251 e. The molecule has 2 atom stereocenters. The summed E-state index contributed by atoms with van der Waals surface area (Å²) >= 11 is 0. The maximum absolute atomic E-state index is 12.2. The Morgan fingerprint density at radius 1 is 1.32 bits per heavy atom. The van der Waals surface area contributed by atoms with Crippen molar-refractivity contribution in [1.29, 1.82) is 0 Å². The van der Waals surface area contributed by atoms with Gasteiger partial charge < -0.3 is 16.0 Å². The van der Waals surface area contributed by atoms with Crippen LogP contribution >= 0.6 is 12.4 Å². The highest BCUT2D eigenvalue weighted by atomic mass is 35.5. The van der Waals surface area contributed by atoms with E-state index in [0.29, 0.717) is 36.9 Å². The van der Waals surface area contributed by atoms with Gasteiger partial charge in [-0.25, -0.2) is 0 Å². The number of rotatable bonds is 7. The Labute approximate surface area is 156 Å². The summed E-state index contributed by atoms with van der Waals surface area (Å²) in [7, 11) is 0. The van der Waals surface area contributed by atoms with Crippen molar-refractivity contribution in [2.24, 2.45) is 11.8 Å². The van der Waals surface area contributed by atoms with Crippen LogP contribution < -0.4 is 16.0 Å². The SMILES string of the molecule is CCNC(=O)c1cccc(CNC(=O)CC(C)C2CCCNC2)c1.Cl. The summed E-state index contributed by atoms with van der Waals surface area (Å²) < 4.78 is 0.